The number of hydrogen-bond acceptors (Lipinski definition) is 4. The number of urea groups is 1. The molecule has 0 saturated carbocycles. The monoisotopic (exact) mass is 175 g/mol. The first-order chi connectivity index (χ1) is 5.72. The maximum atomic E-state index is 10.4. The van der Waals surface area contributed by atoms with E-state index < -0.39 is 6.03 Å². The third kappa shape index (κ3) is 4.62. The van der Waals surface area contributed by atoms with E-state index in [0.717, 1.165) is 6.42 Å². The zero-order valence-electron chi connectivity index (χ0n) is 7.02. The fourth-order valence-electron chi connectivity index (χ4n) is 0.699. The molecule has 12 heavy (non-hydrogen) atoms. The van der Waals surface area contributed by atoms with E-state index in [2.05, 4.69) is 5.29 Å². The summed E-state index contributed by atoms with van der Waals surface area (Å²) in [6.45, 7) is 0.855. The van der Waals surface area contributed by atoms with Crippen LogP contribution in [0.25, 0.3) is 0 Å². The Bertz CT molecular complexity index is 151. The lowest BCUT2D eigenvalue weighted by atomic mass is 10.3. The van der Waals surface area contributed by atoms with Crippen LogP contribution < -0.4 is 5.73 Å². The molecule has 0 aromatic rings. The average Bonchev–Trinajstić information content (AvgIpc) is 2.04. The van der Waals surface area contributed by atoms with Gasteiger partial charge in [-0.15, -0.1) is 4.91 Å². The molecule has 70 valence electrons. The third-order valence-corrected chi connectivity index (χ3v) is 1.32. The second-order valence-electron chi connectivity index (χ2n) is 2.24. The van der Waals surface area contributed by atoms with Crippen LogP contribution in [-0.2, 0) is 4.74 Å². The van der Waals surface area contributed by atoms with Crippen molar-refractivity contribution in [3.05, 3.63) is 4.91 Å². The van der Waals surface area contributed by atoms with Crippen LogP contribution in [0.15, 0.2) is 5.29 Å². The molecular weight excluding hydrogens is 162 g/mol. The molecule has 0 rings (SSSR count). The summed E-state index contributed by atoms with van der Waals surface area (Å²) in [5, 5.41) is 3.14. The van der Waals surface area contributed by atoms with Gasteiger partial charge in [0.1, 0.15) is 0 Å². The smallest absolute Gasteiger partial charge is 0.337 e. The lowest BCUT2D eigenvalue weighted by molar-refractivity contribution is 0.182. The molecule has 0 radical (unpaired) electrons. The molecule has 0 aliphatic heterocycles. The highest BCUT2D eigenvalue weighted by Gasteiger charge is 2.07. The molecule has 0 spiro atoms. The first-order valence-electron chi connectivity index (χ1n) is 3.61. The molecule has 0 aliphatic rings. The quantitative estimate of drug-likeness (QED) is 0.362. The van der Waals surface area contributed by atoms with E-state index >= 15 is 0 Å². The maximum absolute atomic E-state index is 10.4. The molecule has 0 aliphatic carbocycles. The predicted molar refractivity (Wildman–Crippen MR) is 43.2 cm³/mol. The number of carbonyl (C=O) groups is 1. The highest BCUT2D eigenvalue weighted by molar-refractivity contribution is 5.71. The summed E-state index contributed by atoms with van der Waals surface area (Å²) in [5.74, 6) is 0. The summed E-state index contributed by atoms with van der Waals surface area (Å²) in [6, 6.07) is -0.817. The Balaban J connectivity index is 3.45. The van der Waals surface area contributed by atoms with Crippen LogP contribution in [0.2, 0.25) is 0 Å². The number of unbranched alkanes of at least 4 members (excludes halogenated alkanes) is 1. The van der Waals surface area contributed by atoms with Crippen LogP contribution in [0.1, 0.15) is 12.8 Å². The van der Waals surface area contributed by atoms with Crippen molar-refractivity contribution in [3.63, 3.8) is 0 Å². The number of hydrogen-bond donors (Lipinski definition) is 1. The largest absolute Gasteiger partial charge is 0.385 e. The molecule has 0 aromatic heterocycles. The van der Waals surface area contributed by atoms with Crippen molar-refractivity contribution in [2.24, 2.45) is 11.0 Å². The molecule has 0 atom stereocenters. The Labute approximate surface area is 70.6 Å². The predicted octanol–water partition coefficient (Wildman–Crippen LogP) is 0.475. The van der Waals surface area contributed by atoms with Gasteiger partial charge in [0.15, 0.2) is 0 Å². The standard InChI is InChI=1S/C6H13N3O3/c1-12-5-3-2-4-9(8-11)6(7)10/h2-5H2,1H3,(H2,7,10). The Morgan fingerprint density at radius 2 is 2.25 bits per heavy atom. The average molecular weight is 175 g/mol. The van der Waals surface area contributed by atoms with Crippen molar-refractivity contribution < 1.29 is 9.53 Å². The summed E-state index contributed by atoms with van der Waals surface area (Å²) >= 11 is 0. The van der Waals surface area contributed by atoms with Gasteiger partial charge in [-0.2, -0.15) is 5.01 Å². The lowest BCUT2D eigenvalue weighted by Gasteiger charge is -2.08. The number of nitroso groups, excluding NO2 is 1. The van der Waals surface area contributed by atoms with Gasteiger partial charge < -0.3 is 10.5 Å². The number of primary amides is 1. The molecule has 0 saturated heterocycles. The highest BCUT2D eigenvalue weighted by atomic mass is 16.5. The highest BCUT2D eigenvalue weighted by Crippen LogP contribution is 1.95. The maximum Gasteiger partial charge on any atom is 0.337 e. The van der Waals surface area contributed by atoms with Gasteiger partial charge >= 0.3 is 6.03 Å². The van der Waals surface area contributed by atoms with Gasteiger partial charge in [0, 0.05) is 20.3 Å². The molecule has 6 heteroatoms. The van der Waals surface area contributed by atoms with Gasteiger partial charge in [0.2, 0.25) is 0 Å². The fraction of sp³-hybridized carbons (Fsp3) is 0.833. The van der Waals surface area contributed by atoms with Crippen molar-refractivity contribution in [1.29, 1.82) is 0 Å². The molecule has 0 fully saturated rings. The van der Waals surface area contributed by atoms with Gasteiger partial charge in [-0.1, -0.05) is 0 Å². The molecule has 2 N–H and O–H groups in total. The van der Waals surface area contributed by atoms with Crippen LogP contribution in [0.3, 0.4) is 0 Å². The van der Waals surface area contributed by atoms with Crippen molar-refractivity contribution in [2.45, 2.75) is 12.8 Å². The molecule has 2 amide bonds. The van der Waals surface area contributed by atoms with E-state index in [1.54, 1.807) is 7.11 Å². The third-order valence-electron chi connectivity index (χ3n) is 1.32. The van der Waals surface area contributed by atoms with E-state index in [1.165, 1.54) is 0 Å². The molecule has 0 unspecified atom stereocenters. The van der Waals surface area contributed by atoms with Crippen LogP contribution in [0, 0.1) is 4.91 Å². The van der Waals surface area contributed by atoms with Gasteiger partial charge in [-0.3, -0.25) is 0 Å². The number of nitrogens with two attached hydrogens (primary N) is 1. The number of rotatable bonds is 6. The Kier molecular flexibility index (Phi) is 5.90. The van der Waals surface area contributed by atoms with Crippen LogP contribution in [-0.4, -0.2) is 31.3 Å². The minimum atomic E-state index is -0.817. The van der Waals surface area contributed by atoms with E-state index in [-0.39, 0.29) is 6.54 Å². The van der Waals surface area contributed by atoms with Gasteiger partial charge in [-0.25, -0.2) is 4.79 Å². The number of methoxy groups -OCH3 is 1. The summed E-state index contributed by atoms with van der Waals surface area (Å²) in [7, 11) is 1.59. The van der Waals surface area contributed by atoms with Crippen molar-refractivity contribution in [2.75, 3.05) is 20.3 Å². The van der Waals surface area contributed by atoms with Crippen LogP contribution in [0.5, 0.6) is 0 Å². The van der Waals surface area contributed by atoms with Gasteiger partial charge in [0.25, 0.3) is 0 Å². The van der Waals surface area contributed by atoms with Crippen molar-refractivity contribution in [1.82, 2.24) is 5.01 Å². The molecule has 0 heterocycles. The SMILES string of the molecule is COCCCCN(N=O)C(N)=O. The van der Waals surface area contributed by atoms with Crippen molar-refractivity contribution in [3.8, 4) is 0 Å². The van der Waals surface area contributed by atoms with E-state index in [0.29, 0.717) is 18.0 Å². The summed E-state index contributed by atoms with van der Waals surface area (Å²) in [4.78, 5) is 20.4. The lowest BCUT2D eigenvalue weighted by Crippen LogP contribution is -2.31. The Morgan fingerprint density at radius 1 is 1.58 bits per heavy atom. The fourth-order valence-corrected chi connectivity index (χ4v) is 0.699. The first-order valence-corrected chi connectivity index (χ1v) is 3.61. The molecule has 0 bridgehead atoms. The van der Waals surface area contributed by atoms with E-state index in [9.17, 15) is 9.70 Å². The number of amides is 2. The zero-order chi connectivity index (χ0) is 9.40. The van der Waals surface area contributed by atoms with E-state index in [1.807, 2.05) is 0 Å². The minimum Gasteiger partial charge on any atom is -0.385 e. The second-order valence-corrected chi connectivity index (χ2v) is 2.24. The normalized spacial score (nSPS) is 9.42. The van der Waals surface area contributed by atoms with E-state index in [4.69, 9.17) is 10.5 Å². The number of ether oxygens (including phenoxy) is 1. The Hall–Kier alpha value is -1.17. The first kappa shape index (κ1) is 10.8. The van der Waals surface area contributed by atoms with Gasteiger partial charge in [0.05, 0.1) is 5.29 Å². The van der Waals surface area contributed by atoms with Crippen LogP contribution >= 0.6 is 0 Å². The summed E-state index contributed by atoms with van der Waals surface area (Å²) < 4.78 is 4.77. The van der Waals surface area contributed by atoms with Gasteiger partial charge in [-0.05, 0) is 12.8 Å². The summed E-state index contributed by atoms with van der Waals surface area (Å²) in [6.07, 6.45) is 1.43. The number of nitrogens with zero attached hydrogens (tertiary/aromatic N) is 2. The minimum absolute atomic E-state index is 0.252. The molecular formula is C6H13N3O3. The number of carbonyl (C=O) groups excluding carboxylic acids is 1. The molecule has 6 nitrogen and oxygen atoms in total. The second kappa shape index (κ2) is 6.53. The zero-order valence-corrected chi connectivity index (χ0v) is 7.02. The Morgan fingerprint density at radius 3 is 2.67 bits per heavy atom. The summed E-state index contributed by atoms with van der Waals surface area (Å²) in [5.41, 5.74) is 4.82. The van der Waals surface area contributed by atoms with Crippen LogP contribution in [0.4, 0.5) is 4.79 Å². The topological polar surface area (TPSA) is 85.0 Å². The van der Waals surface area contributed by atoms with Crippen molar-refractivity contribution >= 4 is 6.03 Å². The molecule has 0 aromatic carbocycles.